The van der Waals surface area contributed by atoms with Gasteiger partial charge in [0.05, 0.1) is 37.9 Å². The molecule has 1 aromatic carbocycles. The number of hydrogen-bond donors (Lipinski definition) is 2. The Labute approximate surface area is 226 Å². The average Bonchev–Trinajstić information content (AvgIpc) is 2.87. The van der Waals surface area contributed by atoms with Crippen LogP contribution in [0.2, 0.25) is 0 Å². The van der Waals surface area contributed by atoms with Gasteiger partial charge in [0, 0.05) is 17.7 Å². The van der Waals surface area contributed by atoms with Crippen LogP contribution in [0.4, 0.5) is 26.1 Å². The predicted molar refractivity (Wildman–Crippen MR) is 142 cm³/mol. The van der Waals surface area contributed by atoms with Crippen LogP contribution in [-0.4, -0.2) is 35.8 Å². The molecule has 0 aliphatic heterocycles. The summed E-state index contributed by atoms with van der Waals surface area (Å²) in [6, 6.07) is 11.2. The van der Waals surface area contributed by atoms with Gasteiger partial charge in [-0.1, -0.05) is 25.1 Å². The lowest BCUT2D eigenvalue weighted by molar-refractivity contribution is -0.155. The maximum atomic E-state index is 15.2. The van der Waals surface area contributed by atoms with E-state index in [9.17, 15) is 14.4 Å². The molecule has 39 heavy (non-hydrogen) atoms. The number of hydrogen-bond acceptors (Lipinski definition) is 9. The number of anilines is 3. The van der Waals surface area contributed by atoms with Gasteiger partial charge in [0.25, 0.3) is 0 Å². The number of carbonyl (C=O) groups is 1. The van der Waals surface area contributed by atoms with Crippen LogP contribution in [0.15, 0.2) is 42.5 Å². The topological polar surface area (TPSA) is 118 Å². The first-order valence-corrected chi connectivity index (χ1v) is 12.1. The van der Waals surface area contributed by atoms with Crippen molar-refractivity contribution in [1.82, 2.24) is 9.97 Å². The van der Waals surface area contributed by atoms with Gasteiger partial charge in [0.15, 0.2) is 17.5 Å². The van der Waals surface area contributed by atoms with Crippen LogP contribution in [0.5, 0.6) is 11.8 Å². The first-order valence-electron chi connectivity index (χ1n) is 12.1. The number of pyridine rings is 2. The van der Waals surface area contributed by atoms with E-state index in [2.05, 4.69) is 20.6 Å². The van der Waals surface area contributed by atoms with Gasteiger partial charge < -0.3 is 24.8 Å². The molecular formula is C28H31F2N5O4. The highest BCUT2D eigenvalue weighted by Crippen LogP contribution is 2.33. The summed E-state index contributed by atoms with van der Waals surface area (Å²) in [5.74, 6) is -2.09. The van der Waals surface area contributed by atoms with Gasteiger partial charge >= 0.3 is 5.97 Å². The van der Waals surface area contributed by atoms with Gasteiger partial charge in [0.1, 0.15) is 17.5 Å². The zero-order chi connectivity index (χ0) is 28.7. The van der Waals surface area contributed by atoms with E-state index in [1.807, 2.05) is 6.07 Å². The molecule has 0 spiro atoms. The largest absolute Gasteiger partial charge is 0.481 e. The third-order valence-electron chi connectivity index (χ3n) is 5.57. The zero-order valence-corrected chi connectivity index (χ0v) is 22.6. The first-order chi connectivity index (χ1) is 18.4. The molecule has 9 nitrogen and oxygen atoms in total. The molecule has 0 aliphatic carbocycles. The second kappa shape index (κ2) is 12.4. The van der Waals surface area contributed by atoms with Crippen molar-refractivity contribution in [3.05, 3.63) is 65.2 Å². The molecule has 0 saturated carbocycles. The Morgan fingerprint density at radius 2 is 1.67 bits per heavy atom. The molecule has 0 radical (unpaired) electrons. The maximum absolute atomic E-state index is 15.2. The van der Waals surface area contributed by atoms with Crippen molar-refractivity contribution < 1.29 is 27.8 Å². The highest BCUT2D eigenvalue weighted by atomic mass is 19.1. The smallest absolute Gasteiger partial charge is 0.306 e. The second-order valence-corrected chi connectivity index (χ2v) is 9.80. The van der Waals surface area contributed by atoms with Crippen molar-refractivity contribution in [2.45, 2.75) is 45.8 Å². The fourth-order valence-corrected chi connectivity index (χ4v) is 3.83. The minimum Gasteiger partial charge on any atom is -0.481 e. The molecule has 0 fully saturated rings. The van der Waals surface area contributed by atoms with Gasteiger partial charge in [-0.15, -0.1) is 0 Å². The molecular weight excluding hydrogens is 508 g/mol. The van der Waals surface area contributed by atoms with Crippen molar-refractivity contribution in [1.29, 1.82) is 5.26 Å². The lowest BCUT2D eigenvalue weighted by Crippen LogP contribution is -2.28. The molecule has 3 aromatic rings. The SMILES string of the molecule is COc1cc(Nc2nc(N[C@H](c3ccccc3F)[C@H](C)CC(=O)OC(C)(C)C)c(F)cc2C#N)cc(OC)n1. The summed E-state index contributed by atoms with van der Waals surface area (Å²) in [6.07, 6.45) is -0.0666. The molecule has 3 rings (SSSR count). The van der Waals surface area contributed by atoms with E-state index in [1.54, 1.807) is 52.0 Å². The van der Waals surface area contributed by atoms with Crippen LogP contribution in [0, 0.1) is 28.9 Å². The molecule has 0 aliphatic rings. The molecule has 2 N–H and O–H groups in total. The van der Waals surface area contributed by atoms with Crippen LogP contribution in [-0.2, 0) is 9.53 Å². The Morgan fingerprint density at radius 3 is 2.23 bits per heavy atom. The highest BCUT2D eigenvalue weighted by Gasteiger charge is 2.28. The molecule has 2 aromatic heterocycles. The third-order valence-corrected chi connectivity index (χ3v) is 5.57. The van der Waals surface area contributed by atoms with E-state index >= 15 is 4.39 Å². The van der Waals surface area contributed by atoms with Crippen molar-refractivity contribution in [3.63, 3.8) is 0 Å². The third kappa shape index (κ3) is 7.77. The predicted octanol–water partition coefficient (Wildman–Crippen LogP) is 5.91. The quantitative estimate of drug-likeness (QED) is 0.303. The number of ether oxygens (including phenoxy) is 3. The van der Waals surface area contributed by atoms with Crippen molar-refractivity contribution in [2.75, 3.05) is 24.9 Å². The van der Waals surface area contributed by atoms with Gasteiger partial charge in [-0.25, -0.2) is 13.8 Å². The van der Waals surface area contributed by atoms with E-state index in [4.69, 9.17) is 14.2 Å². The van der Waals surface area contributed by atoms with Gasteiger partial charge in [-0.2, -0.15) is 10.2 Å². The zero-order valence-electron chi connectivity index (χ0n) is 22.6. The Bertz CT molecular complexity index is 1350. The van der Waals surface area contributed by atoms with E-state index in [0.717, 1.165) is 6.07 Å². The van der Waals surface area contributed by atoms with E-state index in [1.165, 1.54) is 26.4 Å². The summed E-state index contributed by atoms with van der Waals surface area (Å²) in [4.78, 5) is 21.0. The van der Waals surface area contributed by atoms with Crippen molar-refractivity contribution in [3.8, 4) is 17.8 Å². The minimum absolute atomic E-state index is 0.0313. The van der Waals surface area contributed by atoms with Crippen LogP contribution in [0.25, 0.3) is 0 Å². The summed E-state index contributed by atoms with van der Waals surface area (Å²) in [7, 11) is 2.87. The Balaban J connectivity index is 2.00. The standard InChI is InChI=1S/C28H31F2N5O4/c1-16(11-24(36)39-28(2,3)4)25(19-9-7-8-10-20(19)29)34-27-21(30)12-17(15-31)26(35-27)32-18-13-22(37-5)33-23(14-18)38-6/h7-10,12-14,16,25H,11H2,1-6H3,(H2,32,33,34,35)/t16-,25+/m1/s1. The number of halogens is 2. The van der Waals surface area contributed by atoms with Gasteiger partial charge in [0.2, 0.25) is 11.8 Å². The number of esters is 1. The Kier molecular flexibility index (Phi) is 9.24. The van der Waals surface area contributed by atoms with E-state index in [-0.39, 0.29) is 40.9 Å². The van der Waals surface area contributed by atoms with E-state index < -0.39 is 35.2 Å². The Hall–Kier alpha value is -4.46. The Morgan fingerprint density at radius 1 is 1.03 bits per heavy atom. The fraction of sp³-hybridized carbons (Fsp3) is 0.357. The first kappa shape index (κ1) is 29.1. The lowest BCUT2D eigenvalue weighted by atomic mass is 9.91. The van der Waals surface area contributed by atoms with E-state index in [0.29, 0.717) is 5.69 Å². The molecule has 0 saturated heterocycles. The molecule has 2 heterocycles. The highest BCUT2D eigenvalue weighted by molar-refractivity contribution is 5.70. The summed E-state index contributed by atoms with van der Waals surface area (Å²) >= 11 is 0. The molecule has 206 valence electrons. The average molecular weight is 540 g/mol. The fourth-order valence-electron chi connectivity index (χ4n) is 3.83. The summed E-state index contributed by atoms with van der Waals surface area (Å²) in [5, 5.41) is 15.5. The summed E-state index contributed by atoms with van der Waals surface area (Å²) in [6.45, 7) is 6.98. The number of aromatic nitrogens is 2. The number of nitrogens with zero attached hydrogens (tertiary/aromatic N) is 3. The molecule has 0 bridgehead atoms. The number of methoxy groups -OCH3 is 2. The van der Waals surface area contributed by atoms with Crippen LogP contribution >= 0.6 is 0 Å². The van der Waals surface area contributed by atoms with Crippen molar-refractivity contribution in [2.24, 2.45) is 5.92 Å². The number of carbonyl (C=O) groups excluding carboxylic acids is 1. The maximum Gasteiger partial charge on any atom is 0.306 e. The molecule has 2 atom stereocenters. The number of nitriles is 1. The lowest BCUT2D eigenvalue weighted by Gasteiger charge is -2.28. The van der Waals surface area contributed by atoms with Crippen LogP contribution < -0.4 is 20.1 Å². The van der Waals surface area contributed by atoms with Crippen LogP contribution in [0.3, 0.4) is 0 Å². The molecule has 11 heteroatoms. The number of benzene rings is 1. The molecule has 0 unspecified atom stereocenters. The summed E-state index contributed by atoms with van der Waals surface area (Å²) in [5.41, 5.74) is -0.129. The number of nitrogens with one attached hydrogen (secondary N) is 2. The van der Waals surface area contributed by atoms with Gasteiger partial charge in [-0.3, -0.25) is 4.79 Å². The monoisotopic (exact) mass is 539 g/mol. The minimum atomic E-state index is -0.859. The summed E-state index contributed by atoms with van der Waals surface area (Å²) < 4.78 is 45.8. The van der Waals surface area contributed by atoms with Crippen LogP contribution in [0.1, 0.15) is 51.3 Å². The normalized spacial score (nSPS) is 12.6. The number of rotatable bonds is 10. The van der Waals surface area contributed by atoms with Gasteiger partial charge in [-0.05, 0) is 38.8 Å². The second-order valence-electron chi connectivity index (χ2n) is 9.80. The van der Waals surface area contributed by atoms with Crippen molar-refractivity contribution >= 4 is 23.3 Å². The molecule has 0 amide bonds.